The van der Waals surface area contributed by atoms with Gasteiger partial charge in [-0.05, 0) is 30.7 Å². The first-order valence-electron chi connectivity index (χ1n) is 5.81. The van der Waals surface area contributed by atoms with Gasteiger partial charge in [0, 0.05) is 5.56 Å². The number of benzene rings is 2. The van der Waals surface area contributed by atoms with E-state index in [1.165, 1.54) is 12.1 Å². The van der Waals surface area contributed by atoms with Crippen molar-refractivity contribution >= 4 is 0 Å². The zero-order valence-electron chi connectivity index (χ0n) is 10.1. The molecule has 2 rings (SSSR count). The highest BCUT2D eigenvalue weighted by Crippen LogP contribution is 2.25. The number of ether oxygens (including phenoxy) is 1. The molecule has 0 bridgehead atoms. The van der Waals surface area contributed by atoms with Crippen molar-refractivity contribution in [2.45, 2.75) is 19.6 Å². The summed E-state index contributed by atoms with van der Waals surface area (Å²) in [6.45, 7) is 1.68. The average molecular weight is 246 g/mol. The lowest BCUT2D eigenvalue weighted by molar-refractivity contribution is 0.212. The maximum Gasteiger partial charge on any atom is 0.125 e. The predicted octanol–water partition coefficient (Wildman–Crippen LogP) is 3.46. The van der Waals surface area contributed by atoms with Crippen molar-refractivity contribution in [3.63, 3.8) is 0 Å². The van der Waals surface area contributed by atoms with E-state index >= 15 is 0 Å². The predicted molar refractivity (Wildman–Crippen MR) is 67.8 cm³/mol. The summed E-state index contributed by atoms with van der Waals surface area (Å²) in [6, 6.07) is 13.9. The van der Waals surface area contributed by atoms with Gasteiger partial charge in [0.05, 0.1) is 6.61 Å². The number of hydrogen-bond donors (Lipinski definition) is 1. The van der Waals surface area contributed by atoms with E-state index in [1.807, 2.05) is 37.3 Å². The summed E-state index contributed by atoms with van der Waals surface area (Å²) >= 11 is 0. The summed E-state index contributed by atoms with van der Waals surface area (Å²) in [5, 5.41) is 9.18. The molecule has 0 amide bonds. The molecule has 0 radical (unpaired) electrons. The van der Waals surface area contributed by atoms with Crippen LogP contribution >= 0.6 is 0 Å². The van der Waals surface area contributed by atoms with Crippen molar-refractivity contribution in [3.05, 3.63) is 65.5 Å². The molecule has 3 heteroatoms. The second-order valence-corrected chi connectivity index (χ2v) is 4.08. The van der Waals surface area contributed by atoms with E-state index in [4.69, 9.17) is 4.74 Å². The molecule has 0 saturated carbocycles. The van der Waals surface area contributed by atoms with Gasteiger partial charge in [-0.2, -0.15) is 0 Å². The Labute approximate surface area is 106 Å². The molecule has 0 aliphatic rings. The quantitative estimate of drug-likeness (QED) is 0.895. The SMILES string of the molecule is CC(Oc1ccc(F)cc1CO)c1ccccc1. The normalized spacial score (nSPS) is 12.2. The third-order valence-electron chi connectivity index (χ3n) is 2.77. The van der Waals surface area contributed by atoms with Gasteiger partial charge in [0.1, 0.15) is 17.7 Å². The van der Waals surface area contributed by atoms with Crippen LogP contribution in [0.4, 0.5) is 4.39 Å². The number of aliphatic hydroxyl groups is 1. The van der Waals surface area contributed by atoms with Gasteiger partial charge in [-0.3, -0.25) is 0 Å². The van der Waals surface area contributed by atoms with Crippen molar-refractivity contribution in [1.82, 2.24) is 0 Å². The van der Waals surface area contributed by atoms with Gasteiger partial charge in [-0.15, -0.1) is 0 Å². The molecule has 0 spiro atoms. The Morgan fingerprint density at radius 2 is 1.89 bits per heavy atom. The fourth-order valence-electron chi connectivity index (χ4n) is 1.77. The summed E-state index contributed by atoms with van der Waals surface area (Å²) in [7, 11) is 0. The van der Waals surface area contributed by atoms with Crippen molar-refractivity contribution in [3.8, 4) is 5.75 Å². The van der Waals surface area contributed by atoms with E-state index in [2.05, 4.69) is 0 Å². The minimum Gasteiger partial charge on any atom is -0.486 e. The maximum atomic E-state index is 13.0. The first-order valence-corrected chi connectivity index (χ1v) is 5.81. The zero-order chi connectivity index (χ0) is 13.0. The topological polar surface area (TPSA) is 29.5 Å². The van der Waals surface area contributed by atoms with Crippen LogP contribution in [-0.2, 0) is 6.61 Å². The van der Waals surface area contributed by atoms with Gasteiger partial charge in [-0.25, -0.2) is 4.39 Å². The van der Waals surface area contributed by atoms with Crippen molar-refractivity contribution in [2.75, 3.05) is 0 Å². The molecule has 0 aliphatic heterocycles. The summed E-state index contributed by atoms with van der Waals surface area (Å²) in [5.74, 6) is 0.133. The highest BCUT2D eigenvalue weighted by Gasteiger charge is 2.10. The molecule has 2 aromatic rings. The first kappa shape index (κ1) is 12.6. The van der Waals surface area contributed by atoms with Crippen LogP contribution in [0.2, 0.25) is 0 Å². The van der Waals surface area contributed by atoms with Gasteiger partial charge in [-0.1, -0.05) is 30.3 Å². The fourth-order valence-corrected chi connectivity index (χ4v) is 1.77. The number of rotatable bonds is 4. The van der Waals surface area contributed by atoms with Crippen LogP contribution in [0.25, 0.3) is 0 Å². The van der Waals surface area contributed by atoms with E-state index < -0.39 is 0 Å². The molecule has 2 nitrogen and oxygen atoms in total. The van der Waals surface area contributed by atoms with E-state index in [1.54, 1.807) is 6.07 Å². The standard InChI is InChI=1S/C15H15FO2/c1-11(12-5-3-2-4-6-12)18-15-8-7-14(16)9-13(15)10-17/h2-9,11,17H,10H2,1H3. The average Bonchev–Trinajstić information content (AvgIpc) is 2.41. The molecule has 1 unspecified atom stereocenters. The molecular weight excluding hydrogens is 231 g/mol. The van der Waals surface area contributed by atoms with Gasteiger partial charge in [0.25, 0.3) is 0 Å². The van der Waals surface area contributed by atoms with Crippen molar-refractivity contribution in [1.29, 1.82) is 0 Å². The molecule has 94 valence electrons. The second kappa shape index (κ2) is 5.65. The minimum absolute atomic E-state index is 0.151. The lowest BCUT2D eigenvalue weighted by Gasteiger charge is -2.17. The molecule has 0 fully saturated rings. The van der Waals surface area contributed by atoms with Crippen LogP contribution in [0.3, 0.4) is 0 Å². The molecule has 1 N–H and O–H groups in total. The monoisotopic (exact) mass is 246 g/mol. The van der Waals surface area contributed by atoms with Gasteiger partial charge >= 0.3 is 0 Å². The third kappa shape index (κ3) is 2.87. The highest BCUT2D eigenvalue weighted by atomic mass is 19.1. The van der Waals surface area contributed by atoms with Crippen LogP contribution in [0.15, 0.2) is 48.5 Å². The summed E-state index contributed by atoms with van der Waals surface area (Å²) in [4.78, 5) is 0. The maximum absolute atomic E-state index is 13.0. The molecule has 0 heterocycles. The molecule has 1 atom stereocenters. The molecule has 0 aromatic heterocycles. The Morgan fingerprint density at radius 3 is 2.56 bits per heavy atom. The lowest BCUT2D eigenvalue weighted by Crippen LogP contribution is -2.05. The summed E-state index contributed by atoms with van der Waals surface area (Å²) in [5.41, 5.74) is 1.49. The van der Waals surface area contributed by atoms with Gasteiger partial charge in [0.2, 0.25) is 0 Å². The van der Waals surface area contributed by atoms with Gasteiger partial charge in [0.15, 0.2) is 0 Å². The highest BCUT2D eigenvalue weighted by molar-refractivity contribution is 5.34. The van der Waals surface area contributed by atoms with E-state index in [0.717, 1.165) is 5.56 Å². The lowest BCUT2D eigenvalue weighted by atomic mass is 10.1. The molecule has 18 heavy (non-hydrogen) atoms. The first-order chi connectivity index (χ1) is 8.70. The second-order valence-electron chi connectivity index (χ2n) is 4.08. The van der Waals surface area contributed by atoms with Crippen LogP contribution in [-0.4, -0.2) is 5.11 Å². The largest absolute Gasteiger partial charge is 0.486 e. The van der Waals surface area contributed by atoms with Gasteiger partial charge < -0.3 is 9.84 Å². The fraction of sp³-hybridized carbons (Fsp3) is 0.200. The Morgan fingerprint density at radius 1 is 1.17 bits per heavy atom. The molecule has 2 aromatic carbocycles. The van der Waals surface area contributed by atoms with Crippen LogP contribution < -0.4 is 4.74 Å². The summed E-state index contributed by atoms with van der Waals surface area (Å²) in [6.07, 6.45) is -0.151. The number of halogens is 1. The van der Waals surface area contributed by atoms with E-state index in [-0.39, 0.29) is 18.5 Å². The van der Waals surface area contributed by atoms with E-state index in [0.29, 0.717) is 11.3 Å². The van der Waals surface area contributed by atoms with Crippen molar-refractivity contribution in [2.24, 2.45) is 0 Å². The van der Waals surface area contributed by atoms with Crippen LogP contribution in [0.1, 0.15) is 24.2 Å². The van der Waals surface area contributed by atoms with Crippen LogP contribution in [0.5, 0.6) is 5.75 Å². The Hall–Kier alpha value is -1.87. The Kier molecular flexibility index (Phi) is 3.95. The van der Waals surface area contributed by atoms with E-state index in [9.17, 15) is 9.50 Å². The molecule has 0 saturated heterocycles. The molecular formula is C15H15FO2. The Bertz CT molecular complexity index is 511. The smallest absolute Gasteiger partial charge is 0.125 e. The number of hydrogen-bond acceptors (Lipinski definition) is 2. The zero-order valence-corrected chi connectivity index (χ0v) is 10.1. The third-order valence-corrected chi connectivity index (χ3v) is 2.77. The van der Waals surface area contributed by atoms with Crippen molar-refractivity contribution < 1.29 is 14.2 Å². The number of aliphatic hydroxyl groups excluding tert-OH is 1. The minimum atomic E-state index is -0.376. The molecule has 0 aliphatic carbocycles. The van der Waals surface area contributed by atoms with Crippen LogP contribution in [0, 0.1) is 5.82 Å². The summed E-state index contributed by atoms with van der Waals surface area (Å²) < 4.78 is 18.8. The Balaban J connectivity index is 2.19.